The monoisotopic (exact) mass is 421 g/mol. The number of carbonyl (C=O) groups excluding carboxylic acids is 2. The summed E-state index contributed by atoms with van der Waals surface area (Å²) >= 11 is 0. The molecule has 0 aliphatic carbocycles. The van der Waals surface area contributed by atoms with Crippen LogP contribution in [-0.4, -0.2) is 16.8 Å². The molecule has 2 N–H and O–H groups in total. The molecule has 0 aromatic heterocycles. The van der Waals surface area contributed by atoms with Crippen LogP contribution in [0, 0.1) is 6.92 Å². The molecular formula is C28H23NO3. The first kappa shape index (κ1) is 21.1. The topological polar surface area (TPSA) is 66.4 Å². The quantitative estimate of drug-likeness (QED) is 0.311. The Labute approximate surface area is 186 Å². The summed E-state index contributed by atoms with van der Waals surface area (Å²) in [5.74, 6) is -0.471. The standard InChI is InChI=1S/C28H23NO3/c1-19-6-14-26(30)25(16-19)27(31)15-10-20-7-12-23(13-8-20)28(32)29-18-21-9-11-22-4-2-3-5-24(22)17-21/h2-17,30H,18H2,1H3,(H,29,32)/b15-10+. The number of carbonyl (C=O) groups is 2. The number of hydrogen-bond acceptors (Lipinski definition) is 3. The highest BCUT2D eigenvalue weighted by atomic mass is 16.3. The van der Waals surface area contributed by atoms with Gasteiger partial charge in [0, 0.05) is 12.1 Å². The van der Waals surface area contributed by atoms with Crippen LogP contribution in [0.1, 0.15) is 37.4 Å². The van der Waals surface area contributed by atoms with Gasteiger partial charge < -0.3 is 10.4 Å². The Hall–Kier alpha value is -4.18. The van der Waals surface area contributed by atoms with Crippen LogP contribution in [-0.2, 0) is 6.54 Å². The predicted molar refractivity (Wildman–Crippen MR) is 128 cm³/mol. The number of nitrogens with one attached hydrogen (secondary N) is 1. The van der Waals surface area contributed by atoms with E-state index >= 15 is 0 Å². The number of hydrogen-bond donors (Lipinski definition) is 2. The fraction of sp³-hybridized carbons (Fsp3) is 0.0714. The smallest absolute Gasteiger partial charge is 0.251 e. The van der Waals surface area contributed by atoms with Gasteiger partial charge in [0.25, 0.3) is 5.91 Å². The highest BCUT2D eigenvalue weighted by Gasteiger charge is 2.09. The fourth-order valence-corrected chi connectivity index (χ4v) is 3.49. The lowest BCUT2D eigenvalue weighted by Gasteiger charge is -2.07. The minimum Gasteiger partial charge on any atom is -0.507 e. The van der Waals surface area contributed by atoms with Crippen molar-refractivity contribution < 1.29 is 14.7 Å². The van der Waals surface area contributed by atoms with Crippen molar-refractivity contribution in [1.82, 2.24) is 5.32 Å². The molecule has 0 aliphatic rings. The van der Waals surface area contributed by atoms with Gasteiger partial charge in [0.2, 0.25) is 0 Å². The van der Waals surface area contributed by atoms with Gasteiger partial charge in [0.15, 0.2) is 5.78 Å². The maximum atomic E-state index is 12.5. The fourth-order valence-electron chi connectivity index (χ4n) is 3.49. The Kier molecular flexibility index (Phi) is 6.13. The third kappa shape index (κ3) is 4.93. The summed E-state index contributed by atoms with van der Waals surface area (Å²) in [6, 6.07) is 26.2. The molecule has 32 heavy (non-hydrogen) atoms. The second-order valence-electron chi connectivity index (χ2n) is 7.70. The first-order chi connectivity index (χ1) is 15.5. The van der Waals surface area contributed by atoms with Crippen LogP contribution in [0.25, 0.3) is 16.8 Å². The number of amides is 1. The maximum Gasteiger partial charge on any atom is 0.251 e. The van der Waals surface area contributed by atoms with Crippen molar-refractivity contribution in [2.24, 2.45) is 0 Å². The predicted octanol–water partition coefficient (Wildman–Crippen LogP) is 5.68. The van der Waals surface area contributed by atoms with Crippen LogP contribution in [0.3, 0.4) is 0 Å². The van der Waals surface area contributed by atoms with Crippen molar-refractivity contribution in [3.05, 3.63) is 119 Å². The molecule has 0 unspecified atom stereocenters. The molecule has 0 aliphatic heterocycles. The third-order valence-corrected chi connectivity index (χ3v) is 5.28. The third-order valence-electron chi connectivity index (χ3n) is 5.28. The van der Waals surface area contributed by atoms with Crippen molar-refractivity contribution in [3.8, 4) is 5.75 Å². The van der Waals surface area contributed by atoms with E-state index in [1.165, 1.54) is 17.5 Å². The number of allylic oxidation sites excluding steroid dienone is 1. The van der Waals surface area contributed by atoms with Gasteiger partial charge in [-0.15, -0.1) is 0 Å². The van der Waals surface area contributed by atoms with E-state index in [4.69, 9.17) is 0 Å². The van der Waals surface area contributed by atoms with Crippen LogP contribution in [0.5, 0.6) is 5.75 Å². The first-order valence-electron chi connectivity index (χ1n) is 10.4. The lowest BCUT2D eigenvalue weighted by molar-refractivity contribution is 0.0950. The van der Waals surface area contributed by atoms with Gasteiger partial charge in [-0.25, -0.2) is 0 Å². The van der Waals surface area contributed by atoms with Gasteiger partial charge in [-0.05, 0) is 65.2 Å². The highest BCUT2D eigenvalue weighted by Crippen LogP contribution is 2.20. The molecule has 4 heteroatoms. The molecule has 0 fully saturated rings. The molecule has 0 heterocycles. The second-order valence-corrected chi connectivity index (χ2v) is 7.70. The summed E-state index contributed by atoms with van der Waals surface area (Å²) in [6.45, 7) is 2.31. The zero-order chi connectivity index (χ0) is 22.5. The summed E-state index contributed by atoms with van der Waals surface area (Å²) in [5, 5.41) is 15.1. The number of rotatable bonds is 6. The molecule has 4 aromatic rings. The molecule has 0 spiro atoms. The molecule has 0 saturated heterocycles. The van der Waals surface area contributed by atoms with E-state index in [0.717, 1.165) is 22.1 Å². The van der Waals surface area contributed by atoms with E-state index in [1.807, 2.05) is 25.1 Å². The summed E-state index contributed by atoms with van der Waals surface area (Å²) < 4.78 is 0. The normalized spacial score (nSPS) is 11.0. The van der Waals surface area contributed by atoms with Crippen LogP contribution < -0.4 is 5.32 Å². The Bertz CT molecular complexity index is 1320. The minimum absolute atomic E-state index is 0.0383. The summed E-state index contributed by atoms with van der Waals surface area (Å²) in [6.07, 6.45) is 3.09. The average molecular weight is 421 g/mol. The van der Waals surface area contributed by atoms with Gasteiger partial charge in [-0.1, -0.05) is 66.2 Å². The van der Waals surface area contributed by atoms with Gasteiger partial charge in [-0.2, -0.15) is 0 Å². The van der Waals surface area contributed by atoms with Gasteiger partial charge in [0.1, 0.15) is 5.75 Å². The Morgan fingerprint density at radius 3 is 2.41 bits per heavy atom. The summed E-state index contributed by atoms with van der Waals surface area (Å²) in [7, 11) is 0. The average Bonchev–Trinajstić information content (AvgIpc) is 2.82. The number of phenolic OH excluding ortho intramolecular Hbond substituents is 1. The molecule has 4 rings (SSSR count). The Morgan fingerprint density at radius 1 is 0.875 bits per heavy atom. The van der Waals surface area contributed by atoms with E-state index in [-0.39, 0.29) is 23.0 Å². The van der Waals surface area contributed by atoms with Gasteiger partial charge in [0.05, 0.1) is 5.56 Å². The maximum absolute atomic E-state index is 12.5. The molecule has 1 amide bonds. The Balaban J connectivity index is 1.38. The minimum atomic E-state index is -0.275. The number of aromatic hydroxyl groups is 1. The zero-order valence-corrected chi connectivity index (χ0v) is 17.7. The van der Waals surface area contributed by atoms with Crippen LogP contribution in [0.2, 0.25) is 0 Å². The molecule has 4 nitrogen and oxygen atoms in total. The Morgan fingerprint density at radius 2 is 1.62 bits per heavy atom. The molecular weight excluding hydrogens is 398 g/mol. The van der Waals surface area contributed by atoms with Crippen molar-refractivity contribution in [1.29, 1.82) is 0 Å². The lowest BCUT2D eigenvalue weighted by Crippen LogP contribution is -2.22. The molecule has 158 valence electrons. The van der Waals surface area contributed by atoms with Crippen molar-refractivity contribution >= 4 is 28.5 Å². The van der Waals surface area contributed by atoms with E-state index in [2.05, 4.69) is 29.6 Å². The second kappa shape index (κ2) is 9.31. The van der Waals surface area contributed by atoms with Crippen LogP contribution in [0.4, 0.5) is 0 Å². The van der Waals surface area contributed by atoms with Crippen molar-refractivity contribution in [2.45, 2.75) is 13.5 Å². The molecule has 0 atom stereocenters. The molecule has 4 aromatic carbocycles. The van der Waals surface area contributed by atoms with Crippen molar-refractivity contribution in [2.75, 3.05) is 0 Å². The number of fused-ring (bicyclic) bond motifs is 1. The van der Waals surface area contributed by atoms with E-state index in [1.54, 1.807) is 42.5 Å². The molecule has 0 saturated carbocycles. The lowest BCUT2D eigenvalue weighted by atomic mass is 10.0. The van der Waals surface area contributed by atoms with Gasteiger partial charge in [-0.3, -0.25) is 9.59 Å². The SMILES string of the molecule is Cc1ccc(O)c(C(=O)/C=C/c2ccc(C(=O)NCc3ccc4ccccc4c3)cc2)c1. The molecule has 0 radical (unpaired) electrons. The first-order valence-corrected chi connectivity index (χ1v) is 10.4. The van der Waals surface area contributed by atoms with E-state index in [0.29, 0.717) is 12.1 Å². The zero-order valence-electron chi connectivity index (χ0n) is 17.7. The largest absolute Gasteiger partial charge is 0.507 e. The summed E-state index contributed by atoms with van der Waals surface area (Å²) in [5.41, 5.74) is 3.54. The number of benzene rings is 4. The van der Waals surface area contributed by atoms with Crippen LogP contribution in [0.15, 0.2) is 91.0 Å². The van der Waals surface area contributed by atoms with Gasteiger partial charge >= 0.3 is 0 Å². The summed E-state index contributed by atoms with van der Waals surface area (Å²) in [4.78, 5) is 24.9. The highest BCUT2D eigenvalue weighted by molar-refractivity contribution is 6.08. The molecule has 0 bridgehead atoms. The number of ketones is 1. The van der Waals surface area contributed by atoms with E-state index in [9.17, 15) is 14.7 Å². The van der Waals surface area contributed by atoms with Crippen LogP contribution >= 0.6 is 0 Å². The van der Waals surface area contributed by atoms with E-state index < -0.39 is 0 Å². The number of phenols is 1. The van der Waals surface area contributed by atoms with Crippen molar-refractivity contribution in [3.63, 3.8) is 0 Å². The number of aryl methyl sites for hydroxylation is 1.